The molecule has 0 aromatic heterocycles. The molecular weight excluding hydrogens is 252 g/mol. The number of hydrogen-bond donors (Lipinski definition) is 2. The van der Waals surface area contributed by atoms with Crippen molar-refractivity contribution in [1.29, 1.82) is 0 Å². The van der Waals surface area contributed by atoms with Gasteiger partial charge in [-0.05, 0) is 20.3 Å². The average Bonchev–Trinajstić information content (AvgIpc) is 2.33. The molecule has 19 heavy (non-hydrogen) atoms. The molecule has 0 bridgehead atoms. The topological polar surface area (TPSA) is 95.9 Å². The highest BCUT2D eigenvalue weighted by Crippen LogP contribution is 2.03. The lowest BCUT2D eigenvalue weighted by Crippen LogP contribution is -2.51. The van der Waals surface area contributed by atoms with E-state index < -0.39 is 30.4 Å². The van der Waals surface area contributed by atoms with E-state index in [4.69, 9.17) is 5.11 Å². The molecule has 1 atom stereocenters. The van der Waals surface area contributed by atoms with Gasteiger partial charge in [0.05, 0.1) is 13.5 Å². The molecule has 0 saturated carbocycles. The lowest BCUT2D eigenvalue weighted by Gasteiger charge is -2.28. The monoisotopic (exact) mass is 274 g/mol. The third-order valence-corrected chi connectivity index (χ3v) is 2.54. The summed E-state index contributed by atoms with van der Waals surface area (Å²) >= 11 is 0. The molecule has 0 aliphatic carbocycles. The van der Waals surface area contributed by atoms with E-state index in [1.54, 1.807) is 0 Å². The van der Waals surface area contributed by atoms with Crippen LogP contribution in [0.5, 0.6) is 0 Å². The number of nitrogens with zero attached hydrogens (tertiary/aromatic N) is 1. The average molecular weight is 274 g/mol. The van der Waals surface area contributed by atoms with Gasteiger partial charge < -0.3 is 20.1 Å². The normalized spacial score (nSPS) is 11.8. The van der Waals surface area contributed by atoms with Crippen LogP contribution >= 0.6 is 0 Å². The molecule has 0 aromatic rings. The Bertz CT molecular complexity index is 330. The smallest absolute Gasteiger partial charge is 0.326 e. The Labute approximate surface area is 112 Å². The van der Waals surface area contributed by atoms with Gasteiger partial charge in [-0.2, -0.15) is 0 Å². The number of carbonyl (C=O) groups excluding carboxylic acids is 2. The van der Waals surface area contributed by atoms with Crippen LogP contribution in [-0.2, 0) is 14.3 Å². The summed E-state index contributed by atoms with van der Waals surface area (Å²) in [4.78, 5) is 35.6. The summed E-state index contributed by atoms with van der Waals surface area (Å²) in [6, 6.07) is -1.82. The van der Waals surface area contributed by atoms with Gasteiger partial charge in [0.1, 0.15) is 6.04 Å². The minimum absolute atomic E-state index is 0.0486. The molecular formula is C12H22N2O5. The number of amides is 2. The predicted molar refractivity (Wildman–Crippen MR) is 68.7 cm³/mol. The Morgan fingerprint density at radius 3 is 2.26 bits per heavy atom. The molecule has 2 amide bonds. The minimum Gasteiger partial charge on any atom is -0.480 e. The second-order valence-electron chi connectivity index (χ2n) is 4.41. The zero-order chi connectivity index (χ0) is 15.0. The van der Waals surface area contributed by atoms with E-state index in [1.165, 1.54) is 12.0 Å². The molecule has 7 heteroatoms. The van der Waals surface area contributed by atoms with Crippen LogP contribution in [0.3, 0.4) is 0 Å². The predicted octanol–water partition coefficient (Wildman–Crippen LogP) is 0.833. The molecule has 0 aromatic carbocycles. The summed E-state index contributed by atoms with van der Waals surface area (Å²) in [6.45, 7) is 6.12. The van der Waals surface area contributed by atoms with Gasteiger partial charge in [-0.15, -0.1) is 0 Å². The van der Waals surface area contributed by atoms with E-state index in [2.05, 4.69) is 10.1 Å². The molecule has 0 heterocycles. The third-order valence-electron chi connectivity index (χ3n) is 2.54. The lowest BCUT2D eigenvalue weighted by atomic mass is 10.2. The van der Waals surface area contributed by atoms with E-state index in [0.29, 0.717) is 6.54 Å². The number of nitrogens with one attached hydrogen (secondary N) is 1. The Kier molecular flexibility index (Phi) is 7.55. The molecule has 0 spiro atoms. The number of ether oxygens (including phenoxy) is 1. The molecule has 0 radical (unpaired) electrons. The van der Waals surface area contributed by atoms with Gasteiger partial charge in [0.15, 0.2) is 0 Å². The van der Waals surface area contributed by atoms with Gasteiger partial charge >= 0.3 is 18.0 Å². The Morgan fingerprint density at radius 2 is 1.89 bits per heavy atom. The van der Waals surface area contributed by atoms with Gasteiger partial charge in [-0.25, -0.2) is 9.59 Å². The first-order chi connectivity index (χ1) is 8.83. The van der Waals surface area contributed by atoms with Crippen molar-refractivity contribution in [3.8, 4) is 0 Å². The summed E-state index contributed by atoms with van der Waals surface area (Å²) < 4.78 is 4.40. The minimum atomic E-state index is -1.28. The van der Waals surface area contributed by atoms with Crippen LogP contribution in [0.25, 0.3) is 0 Å². The number of urea groups is 1. The molecule has 0 fully saturated rings. The number of carbonyl (C=O) groups is 3. The summed E-state index contributed by atoms with van der Waals surface area (Å²) in [5.74, 6) is -1.95. The first kappa shape index (κ1) is 17.2. The zero-order valence-electron chi connectivity index (χ0n) is 11.8. The van der Waals surface area contributed by atoms with Crippen molar-refractivity contribution in [2.45, 2.75) is 45.7 Å². The number of hydrogen-bond acceptors (Lipinski definition) is 4. The molecule has 0 aliphatic heterocycles. The molecule has 0 saturated heterocycles. The highest BCUT2D eigenvalue weighted by atomic mass is 16.5. The highest BCUT2D eigenvalue weighted by molar-refractivity contribution is 5.86. The number of aliphatic carboxylic acids is 1. The molecule has 0 unspecified atom stereocenters. The highest BCUT2D eigenvalue weighted by Gasteiger charge is 2.26. The maximum Gasteiger partial charge on any atom is 0.326 e. The number of methoxy groups -OCH3 is 1. The second kappa shape index (κ2) is 8.34. The largest absolute Gasteiger partial charge is 0.480 e. The van der Waals surface area contributed by atoms with Gasteiger partial charge in [-0.1, -0.05) is 6.92 Å². The Balaban J connectivity index is 4.69. The number of rotatable bonds is 7. The first-order valence-electron chi connectivity index (χ1n) is 6.20. The fraction of sp³-hybridized carbons (Fsp3) is 0.750. The molecule has 0 rings (SSSR count). The third kappa shape index (κ3) is 6.08. The standard InChI is InChI=1S/C12H22N2O5/c1-5-6-14(8(2)3)12(18)13-9(11(16)17)7-10(15)19-4/h8-9H,5-7H2,1-4H3,(H,13,18)(H,16,17)/t9-/m0/s1. The fourth-order valence-electron chi connectivity index (χ4n) is 1.52. The van der Waals surface area contributed by atoms with Crippen molar-refractivity contribution in [2.75, 3.05) is 13.7 Å². The van der Waals surface area contributed by atoms with Crippen LogP contribution in [0.1, 0.15) is 33.6 Å². The van der Waals surface area contributed by atoms with Crippen molar-refractivity contribution in [1.82, 2.24) is 10.2 Å². The number of esters is 1. The van der Waals surface area contributed by atoms with Crippen molar-refractivity contribution in [2.24, 2.45) is 0 Å². The van der Waals surface area contributed by atoms with Crippen molar-refractivity contribution >= 4 is 18.0 Å². The van der Waals surface area contributed by atoms with E-state index >= 15 is 0 Å². The SMILES string of the molecule is CCCN(C(=O)N[C@@H](CC(=O)OC)C(=O)O)C(C)C. The van der Waals surface area contributed by atoms with Crippen molar-refractivity contribution in [3.63, 3.8) is 0 Å². The fourth-order valence-corrected chi connectivity index (χ4v) is 1.52. The quantitative estimate of drug-likeness (QED) is 0.670. The first-order valence-corrected chi connectivity index (χ1v) is 6.20. The maximum absolute atomic E-state index is 12.0. The number of carboxylic acids is 1. The summed E-state index contributed by atoms with van der Waals surface area (Å²) in [5, 5.41) is 11.3. The van der Waals surface area contributed by atoms with E-state index in [-0.39, 0.29) is 6.04 Å². The van der Waals surface area contributed by atoms with Crippen LogP contribution in [0.2, 0.25) is 0 Å². The van der Waals surface area contributed by atoms with Gasteiger partial charge in [-0.3, -0.25) is 4.79 Å². The molecule has 0 aliphatic rings. The zero-order valence-corrected chi connectivity index (χ0v) is 11.8. The molecule has 110 valence electrons. The summed E-state index contributed by atoms with van der Waals surface area (Å²) in [5.41, 5.74) is 0. The van der Waals surface area contributed by atoms with E-state index in [1.807, 2.05) is 20.8 Å². The lowest BCUT2D eigenvalue weighted by molar-refractivity contribution is -0.147. The van der Waals surface area contributed by atoms with Crippen LogP contribution in [0, 0.1) is 0 Å². The van der Waals surface area contributed by atoms with Gasteiger partial charge in [0.2, 0.25) is 0 Å². The van der Waals surface area contributed by atoms with Crippen molar-refractivity contribution < 1.29 is 24.2 Å². The van der Waals surface area contributed by atoms with E-state index in [0.717, 1.165) is 6.42 Å². The van der Waals surface area contributed by atoms with E-state index in [9.17, 15) is 14.4 Å². The van der Waals surface area contributed by atoms with Crippen molar-refractivity contribution in [3.05, 3.63) is 0 Å². The van der Waals surface area contributed by atoms with Crippen LogP contribution in [-0.4, -0.2) is 53.7 Å². The maximum atomic E-state index is 12.0. The van der Waals surface area contributed by atoms with Crippen LogP contribution in [0.4, 0.5) is 4.79 Å². The Morgan fingerprint density at radius 1 is 1.32 bits per heavy atom. The molecule has 7 nitrogen and oxygen atoms in total. The molecule has 2 N–H and O–H groups in total. The number of carboxylic acid groups (broad SMARTS) is 1. The Hall–Kier alpha value is -1.79. The van der Waals surface area contributed by atoms with Crippen LogP contribution in [0.15, 0.2) is 0 Å². The van der Waals surface area contributed by atoms with Crippen LogP contribution < -0.4 is 5.32 Å². The van der Waals surface area contributed by atoms with Gasteiger partial charge in [0.25, 0.3) is 0 Å². The summed E-state index contributed by atoms with van der Waals surface area (Å²) in [7, 11) is 1.17. The summed E-state index contributed by atoms with van der Waals surface area (Å²) in [6.07, 6.45) is 0.371. The van der Waals surface area contributed by atoms with Gasteiger partial charge in [0, 0.05) is 12.6 Å². The second-order valence-corrected chi connectivity index (χ2v) is 4.41.